The molecule has 0 atom stereocenters. The Hall–Kier alpha value is -2.23. The second-order valence-electron chi connectivity index (χ2n) is 6.55. The number of hydrogen-bond acceptors (Lipinski definition) is 3. The molecule has 1 aliphatic rings. The van der Waals surface area contributed by atoms with Gasteiger partial charge in [-0.05, 0) is 44.7 Å². The average molecular weight is 327 g/mol. The Morgan fingerprint density at radius 2 is 2.04 bits per heavy atom. The molecule has 0 bridgehead atoms. The lowest BCUT2D eigenvalue weighted by molar-refractivity contribution is -0.123. The molecule has 0 radical (unpaired) electrons. The molecule has 0 N–H and O–H groups in total. The zero-order valence-corrected chi connectivity index (χ0v) is 14.9. The van der Waals surface area contributed by atoms with Gasteiger partial charge in [0, 0.05) is 49.2 Å². The van der Waals surface area contributed by atoms with Crippen molar-refractivity contribution in [3.63, 3.8) is 0 Å². The smallest absolute Gasteiger partial charge is 0.246 e. The first-order chi connectivity index (χ1) is 11.5. The topological polar surface area (TPSA) is 42.7 Å². The molecule has 1 aromatic heterocycles. The number of nitrogens with zero attached hydrogens (tertiary/aromatic N) is 1. The van der Waals surface area contributed by atoms with E-state index in [0.29, 0.717) is 6.61 Å². The Balaban J connectivity index is 2.13. The van der Waals surface area contributed by atoms with Crippen molar-refractivity contribution in [2.45, 2.75) is 39.5 Å². The van der Waals surface area contributed by atoms with Gasteiger partial charge in [0.05, 0.1) is 6.61 Å². The largest absolute Gasteiger partial charge is 0.493 e. The van der Waals surface area contributed by atoms with Crippen LogP contribution in [0.1, 0.15) is 43.6 Å². The Morgan fingerprint density at radius 3 is 2.75 bits per heavy atom. The minimum atomic E-state index is -0.0238. The van der Waals surface area contributed by atoms with Crippen LogP contribution in [0.4, 0.5) is 0 Å². The molecule has 1 aromatic carbocycles. The maximum Gasteiger partial charge on any atom is 0.246 e. The Morgan fingerprint density at radius 1 is 1.29 bits per heavy atom. The Kier molecular flexibility index (Phi) is 4.65. The van der Waals surface area contributed by atoms with Crippen molar-refractivity contribution in [2.75, 3.05) is 20.7 Å². The molecular weight excluding hydrogens is 302 g/mol. The van der Waals surface area contributed by atoms with Crippen molar-refractivity contribution in [1.29, 1.82) is 0 Å². The summed E-state index contributed by atoms with van der Waals surface area (Å²) in [6, 6.07) is 4.10. The molecule has 0 spiro atoms. The summed E-state index contributed by atoms with van der Waals surface area (Å²) < 4.78 is 11.9. The summed E-state index contributed by atoms with van der Waals surface area (Å²) in [5.41, 5.74) is 4.09. The Bertz CT molecular complexity index is 799. The number of allylic oxidation sites excluding steroid dienone is 1. The fourth-order valence-electron chi connectivity index (χ4n) is 3.26. The van der Waals surface area contributed by atoms with Crippen LogP contribution in [0.5, 0.6) is 5.75 Å². The fourth-order valence-corrected chi connectivity index (χ4v) is 3.26. The van der Waals surface area contributed by atoms with Gasteiger partial charge in [-0.3, -0.25) is 4.79 Å². The van der Waals surface area contributed by atoms with Gasteiger partial charge in [-0.1, -0.05) is 0 Å². The van der Waals surface area contributed by atoms with E-state index >= 15 is 0 Å². The van der Waals surface area contributed by atoms with E-state index < -0.39 is 0 Å². The number of carbonyl (C=O) groups is 1. The second kappa shape index (κ2) is 6.71. The standard InChI is InChI=1S/C20H25NO3/c1-5-23-18-12-19-16(14-8-6-7-9-17(14)24-19)11-15(18)13(2)10-20(22)21(3)4/h10-12H,5-9H2,1-4H3/b13-10+. The van der Waals surface area contributed by atoms with Crippen molar-refractivity contribution in [1.82, 2.24) is 4.90 Å². The molecule has 0 unspecified atom stereocenters. The van der Waals surface area contributed by atoms with Gasteiger partial charge in [-0.25, -0.2) is 0 Å². The lowest BCUT2D eigenvalue weighted by atomic mass is 9.94. The molecule has 0 fully saturated rings. The van der Waals surface area contributed by atoms with Gasteiger partial charge in [0.1, 0.15) is 17.1 Å². The molecule has 1 aliphatic carbocycles. The number of likely N-dealkylation sites (N-methyl/N-ethyl adjacent to an activating group) is 1. The van der Waals surface area contributed by atoms with E-state index in [1.54, 1.807) is 25.1 Å². The van der Waals surface area contributed by atoms with E-state index in [4.69, 9.17) is 9.15 Å². The minimum absolute atomic E-state index is 0.0238. The first-order valence-electron chi connectivity index (χ1n) is 8.62. The summed E-state index contributed by atoms with van der Waals surface area (Å²) in [7, 11) is 3.51. The van der Waals surface area contributed by atoms with Crippen LogP contribution >= 0.6 is 0 Å². The quantitative estimate of drug-likeness (QED) is 0.790. The van der Waals surface area contributed by atoms with Gasteiger partial charge in [-0.2, -0.15) is 0 Å². The second-order valence-corrected chi connectivity index (χ2v) is 6.55. The molecule has 128 valence electrons. The number of ether oxygens (including phenoxy) is 1. The van der Waals surface area contributed by atoms with E-state index in [-0.39, 0.29) is 5.91 Å². The molecule has 1 amide bonds. The molecule has 3 rings (SSSR count). The maximum atomic E-state index is 12.0. The van der Waals surface area contributed by atoms with Gasteiger partial charge in [0.2, 0.25) is 5.91 Å². The molecule has 4 heteroatoms. The van der Waals surface area contributed by atoms with E-state index in [0.717, 1.165) is 46.5 Å². The lowest BCUT2D eigenvalue weighted by Gasteiger charge is -2.13. The maximum absolute atomic E-state index is 12.0. The average Bonchev–Trinajstić information content (AvgIpc) is 2.91. The molecule has 4 nitrogen and oxygen atoms in total. The van der Waals surface area contributed by atoms with Crippen LogP contribution < -0.4 is 4.74 Å². The number of furan rings is 1. The van der Waals surface area contributed by atoms with Gasteiger partial charge in [0.25, 0.3) is 0 Å². The number of carbonyl (C=O) groups excluding carboxylic acids is 1. The summed E-state index contributed by atoms with van der Waals surface area (Å²) in [4.78, 5) is 13.6. The van der Waals surface area contributed by atoms with Gasteiger partial charge < -0.3 is 14.1 Å². The molecule has 2 aromatic rings. The highest BCUT2D eigenvalue weighted by atomic mass is 16.5. The van der Waals surface area contributed by atoms with E-state index in [1.165, 1.54) is 18.4 Å². The predicted octanol–water partition coefficient (Wildman–Crippen LogP) is 4.20. The third-order valence-electron chi connectivity index (χ3n) is 4.56. The van der Waals surface area contributed by atoms with Crippen LogP contribution in [0.3, 0.4) is 0 Å². The zero-order valence-electron chi connectivity index (χ0n) is 14.9. The highest BCUT2D eigenvalue weighted by Crippen LogP contribution is 2.38. The monoisotopic (exact) mass is 327 g/mol. The number of benzene rings is 1. The first-order valence-corrected chi connectivity index (χ1v) is 8.62. The normalized spacial score (nSPS) is 14.6. The third kappa shape index (κ3) is 3.05. The van der Waals surface area contributed by atoms with Crippen LogP contribution in [-0.2, 0) is 17.6 Å². The predicted molar refractivity (Wildman–Crippen MR) is 96.4 cm³/mol. The molecular formula is C20H25NO3. The third-order valence-corrected chi connectivity index (χ3v) is 4.56. The van der Waals surface area contributed by atoms with Gasteiger partial charge >= 0.3 is 0 Å². The Labute approximate surface area is 143 Å². The van der Waals surface area contributed by atoms with Gasteiger partial charge in [0.15, 0.2) is 0 Å². The molecule has 0 saturated heterocycles. The van der Waals surface area contributed by atoms with Crippen LogP contribution in [-0.4, -0.2) is 31.5 Å². The number of rotatable bonds is 4. The lowest BCUT2D eigenvalue weighted by Crippen LogP contribution is -2.19. The van der Waals surface area contributed by atoms with Crippen LogP contribution in [0.2, 0.25) is 0 Å². The van der Waals surface area contributed by atoms with Crippen molar-refractivity contribution in [3.05, 3.63) is 35.1 Å². The highest BCUT2D eigenvalue weighted by Gasteiger charge is 2.20. The van der Waals surface area contributed by atoms with Crippen molar-refractivity contribution >= 4 is 22.4 Å². The summed E-state index contributed by atoms with van der Waals surface area (Å²) >= 11 is 0. The van der Waals surface area contributed by atoms with Crippen LogP contribution in [0.25, 0.3) is 16.5 Å². The number of aryl methyl sites for hydroxylation is 2. The van der Waals surface area contributed by atoms with E-state index in [2.05, 4.69) is 6.07 Å². The van der Waals surface area contributed by atoms with Crippen molar-refractivity contribution < 1.29 is 13.9 Å². The molecule has 1 heterocycles. The minimum Gasteiger partial charge on any atom is -0.493 e. The fraction of sp³-hybridized carbons (Fsp3) is 0.450. The number of fused-ring (bicyclic) bond motifs is 3. The van der Waals surface area contributed by atoms with Crippen LogP contribution in [0.15, 0.2) is 22.6 Å². The zero-order chi connectivity index (χ0) is 17.3. The van der Waals surface area contributed by atoms with Crippen molar-refractivity contribution in [2.24, 2.45) is 0 Å². The summed E-state index contributed by atoms with van der Waals surface area (Å²) in [6.07, 6.45) is 6.13. The molecule has 0 aliphatic heterocycles. The first kappa shape index (κ1) is 16.6. The molecule has 24 heavy (non-hydrogen) atoms. The molecule has 0 saturated carbocycles. The van der Waals surface area contributed by atoms with Crippen LogP contribution in [0, 0.1) is 0 Å². The SMILES string of the molecule is CCOc1cc2oc3c(c2cc1/C(C)=C/C(=O)N(C)C)CCCC3. The van der Waals surface area contributed by atoms with Crippen molar-refractivity contribution in [3.8, 4) is 5.75 Å². The highest BCUT2D eigenvalue weighted by molar-refractivity contribution is 5.97. The van der Waals surface area contributed by atoms with Gasteiger partial charge in [-0.15, -0.1) is 0 Å². The number of hydrogen-bond donors (Lipinski definition) is 0. The van der Waals surface area contributed by atoms with E-state index in [1.807, 2.05) is 19.9 Å². The number of amides is 1. The summed E-state index contributed by atoms with van der Waals surface area (Å²) in [6.45, 7) is 4.50. The van der Waals surface area contributed by atoms with E-state index in [9.17, 15) is 4.79 Å². The summed E-state index contributed by atoms with van der Waals surface area (Å²) in [5.74, 6) is 1.86. The summed E-state index contributed by atoms with van der Waals surface area (Å²) in [5, 5.41) is 1.16.